The third-order valence-electron chi connectivity index (χ3n) is 5.59. The predicted molar refractivity (Wildman–Crippen MR) is 116 cm³/mol. The van der Waals surface area contributed by atoms with Crippen molar-refractivity contribution in [1.82, 2.24) is 20.4 Å². The number of halogens is 1. The molecule has 0 saturated carbocycles. The van der Waals surface area contributed by atoms with Crippen LogP contribution in [0.25, 0.3) is 11.3 Å². The van der Waals surface area contributed by atoms with Crippen molar-refractivity contribution >= 4 is 17.5 Å². The van der Waals surface area contributed by atoms with Gasteiger partial charge in [0.15, 0.2) is 0 Å². The molecule has 1 N–H and O–H groups in total. The van der Waals surface area contributed by atoms with Gasteiger partial charge in [-0.2, -0.15) is 0 Å². The molecule has 1 aliphatic heterocycles. The molecule has 7 heteroatoms. The quantitative estimate of drug-likeness (QED) is 0.637. The maximum atomic E-state index is 12.9. The Morgan fingerprint density at radius 2 is 1.97 bits per heavy atom. The lowest BCUT2D eigenvalue weighted by atomic mass is 9.96. The van der Waals surface area contributed by atoms with Crippen LogP contribution in [-0.2, 0) is 6.54 Å². The molecule has 3 heterocycles. The van der Waals surface area contributed by atoms with Gasteiger partial charge in [0.1, 0.15) is 17.0 Å². The topological polar surface area (TPSA) is 71.3 Å². The van der Waals surface area contributed by atoms with E-state index in [4.69, 9.17) is 16.1 Å². The average Bonchev–Trinajstić information content (AvgIpc) is 3.15. The van der Waals surface area contributed by atoms with E-state index in [1.54, 1.807) is 13.0 Å². The van der Waals surface area contributed by atoms with Gasteiger partial charge in [0.2, 0.25) is 0 Å². The lowest BCUT2D eigenvalue weighted by Gasteiger charge is -2.31. The fraction of sp³-hybridized carbons (Fsp3) is 0.348. The van der Waals surface area contributed by atoms with Crippen LogP contribution in [-0.4, -0.2) is 40.6 Å². The van der Waals surface area contributed by atoms with Crippen LogP contribution in [0.4, 0.5) is 0 Å². The zero-order chi connectivity index (χ0) is 20.9. The first-order valence-electron chi connectivity index (χ1n) is 10.2. The van der Waals surface area contributed by atoms with Crippen LogP contribution in [0.3, 0.4) is 0 Å². The first-order valence-corrected chi connectivity index (χ1v) is 10.6. The van der Waals surface area contributed by atoms with E-state index in [9.17, 15) is 4.79 Å². The number of nitrogens with zero attached hydrogens (tertiary/aromatic N) is 3. The van der Waals surface area contributed by atoms with Gasteiger partial charge in [0.05, 0.1) is 10.7 Å². The van der Waals surface area contributed by atoms with E-state index >= 15 is 0 Å². The van der Waals surface area contributed by atoms with Crippen molar-refractivity contribution < 1.29 is 9.32 Å². The summed E-state index contributed by atoms with van der Waals surface area (Å²) in [6.07, 6.45) is 3.93. The van der Waals surface area contributed by atoms with Crippen LogP contribution in [0.5, 0.6) is 0 Å². The molecular formula is C23H25ClN4O2. The number of amides is 1. The van der Waals surface area contributed by atoms with Gasteiger partial charge in [-0.15, -0.1) is 0 Å². The molecule has 0 aliphatic carbocycles. The minimum atomic E-state index is -0.167. The maximum absolute atomic E-state index is 12.9. The van der Waals surface area contributed by atoms with Gasteiger partial charge < -0.3 is 9.84 Å². The summed E-state index contributed by atoms with van der Waals surface area (Å²) >= 11 is 6.29. The number of rotatable bonds is 6. The summed E-state index contributed by atoms with van der Waals surface area (Å²) in [6, 6.07) is 13.4. The summed E-state index contributed by atoms with van der Waals surface area (Å²) < 4.78 is 5.31. The van der Waals surface area contributed by atoms with Crippen molar-refractivity contribution in [1.29, 1.82) is 0 Å². The number of aromatic nitrogens is 2. The average molecular weight is 425 g/mol. The van der Waals surface area contributed by atoms with Gasteiger partial charge >= 0.3 is 0 Å². The van der Waals surface area contributed by atoms with E-state index in [2.05, 4.69) is 26.4 Å². The van der Waals surface area contributed by atoms with Crippen LogP contribution >= 0.6 is 11.6 Å². The van der Waals surface area contributed by atoms with Crippen molar-refractivity contribution in [2.75, 3.05) is 19.6 Å². The van der Waals surface area contributed by atoms with Crippen molar-refractivity contribution in [3.8, 4) is 11.3 Å². The summed E-state index contributed by atoms with van der Waals surface area (Å²) in [6.45, 7) is 5.28. The number of hydrogen-bond donors (Lipinski definition) is 1. The summed E-state index contributed by atoms with van der Waals surface area (Å²) in [5.74, 6) is 0.782. The predicted octanol–water partition coefficient (Wildman–Crippen LogP) is 4.34. The number of hydrogen-bond acceptors (Lipinski definition) is 5. The molecule has 1 fully saturated rings. The Morgan fingerprint density at radius 1 is 1.20 bits per heavy atom. The van der Waals surface area contributed by atoms with E-state index in [1.165, 1.54) is 0 Å². The van der Waals surface area contributed by atoms with E-state index in [0.29, 0.717) is 40.1 Å². The summed E-state index contributed by atoms with van der Waals surface area (Å²) in [7, 11) is 0. The zero-order valence-electron chi connectivity index (χ0n) is 17.0. The number of carbonyl (C=O) groups is 1. The fourth-order valence-corrected chi connectivity index (χ4v) is 4.10. The van der Waals surface area contributed by atoms with Gasteiger partial charge in [-0.25, -0.2) is 0 Å². The molecule has 1 aromatic carbocycles. The van der Waals surface area contributed by atoms with Gasteiger partial charge in [-0.1, -0.05) is 41.0 Å². The van der Waals surface area contributed by atoms with Gasteiger partial charge in [0, 0.05) is 24.8 Å². The third kappa shape index (κ3) is 4.71. The minimum absolute atomic E-state index is 0.167. The van der Waals surface area contributed by atoms with E-state index in [-0.39, 0.29) is 5.91 Å². The molecule has 156 valence electrons. The van der Waals surface area contributed by atoms with Crippen molar-refractivity contribution in [3.63, 3.8) is 0 Å². The van der Waals surface area contributed by atoms with Gasteiger partial charge in [-0.3, -0.25) is 14.7 Å². The zero-order valence-corrected chi connectivity index (χ0v) is 17.7. The Morgan fingerprint density at radius 3 is 2.70 bits per heavy atom. The van der Waals surface area contributed by atoms with Crippen LogP contribution in [0, 0.1) is 12.8 Å². The van der Waals surface area contributed by atoms with E-state index < -0.39 is 0 Å². The SMILES string of the molecule is Cc1onc(-c2ccccc2Cl)c1C(=O)NCC1CCN(Cc2ccccn2)CC1. The number of carbonyl (C=O) groups excluding carboxylic acids is 1. The summed E-state index contributed by atoms with van der Waals surface area (Å²) in [5.41, 5.74) is 2.74. The lowest BCUT2D eigenvalue weighted by molar-refractivity contribution is 0.0934. The molecule has 6 nitrogen and oxygen atoms in total. The van der Waals surface area contributed by atoms with Gasteiger partial charge in [-0.05, 0) is 57.0 Å². The molecule has 3 aromatic rings. The van der Waals surface area contributed by atoms with E-state index in [0.717, 1.165) is 38.2 Å². The van der Waals surface area contributed by atoms with Crippen molar-refractivity contribution in [3.05, 3.63) is 70.7 Å². The normalized spacial score (nSPS) is 15.3. The van der Waals surface area contributed by atoms with Crippen LogP contribution in [0.15, 0.2) is 53.2 Å². The largest absolute Gasteiger partial charge is 0.360 e. The Bertz CT molecular complexity index is 997. The van der Waals surface area contributed by atoms with Crippen LogP contribution < -0.4 is 5.32 Å². The summed E-state index contributed by atoms with van der Waals surface area (Å²) in [4.78, 5) is 19.7. The van der Waals surface area contributed by atoms with Crippen LogP contribution in [0.2, 0.25) is 5.02 Å². The molecule has 1 amide bonds. The molecule has 0 spiro atoms. The molecule has 4 rings (SSSR count). The second kappa shape index (κ2) is 9.41. The smallest absolute Gasteiger partial charge is 0.257 e. The Balaban J connectivity index is 1.33. The van der Waals surface area contributed by atoms with Gasteiger partial charge in [0.25, 0.3) is 5.91 Å². The molecule has 30 heavy (non-hydrogen) atoms. The highest BCUT2D eigenvalue weighted by atomic mass is 35.5. The first-order chi connectivity index (χ1) is 14.6. The second-order valence-corrected chi connectivity index (χ2v) is 8.10. The number of aryl methyl sites for hydroxylation is 1. The highest BCUT2D eigenvalue weighted by molar-refractivity contribution is 6.33. The van der Waals surface area contributed by atoms with E-state index in [1.807, 2.05) is 36.5 Å². The monoisotopic (exact) mass is 424 g/mol. The Labute approximate surface area is 181 Å². The number of benzene rings is 1. The molecule has 0 unspecified atom stereocenters. The highest BCUT2D eigenvalue weighted by Crippen LogP contribution is 2.31. The maximum Gasteiger partial charge on any atom is 0.257 e. The minimum Gasteiger partial charge on any atom is -0.360 e. The molecule has 0 bridgehead atoms. The number of nitrogens with one attached hydrogen (secondary N) is 1. The van der Waals surface area contributed by atoms with Crippen molar-refractivity contribution in [2.24, 2.45) is 5.92 Å². The molecular weight excluding hydrogens is 400 g/mol. The number of pyridine rings is 1. The first kappa shape index (κ1) is 20.6. The Kier molecular flexibility index (Phi) is 6.45. The fourth-order valence-electron chi connectivity index (χ4n) is 3.87. The molecule has 1 aliphatic rings. The highest BCUT2D eigenvalue weighted by Gasteiger charge is 2.25. The molecule has 0 radical (unpaired) electrons. The van der Waals surface area contributed by atoms with Crippen LogP contribution in [0.1, 0.15) is 34.7 Å². The summed E-state index contributed by atoms with van der Waals surface area (Å²) in [5, 5.41) is 7.70. The number of piperidine rings is 1. The Hall–Kier alpha value is -2.70. The number of likely N-dealkylation sites (tertiary alicyclic amines) is 1. The third-order valence-corrected chi connectivity index (χ3v) is 5.92. The van der Waals surface area contributed by atoms with Crippen molar-refractivity contribution in [2.45, 2.75) is 26.3 Å². The molecule has 0 atom stereocenters. The second-order valence-electron chi connectivity index (χ2n) is 7.69. The molecule has 2 aromatic heterocycles. The lowest BCUT2D eigenvalue weighted by Crippen LogP contribution is -2.38. The molecule has 1 saturated heterocycles. The standard InChI is InChI=1S/C23H25ClN4O2/c1-16-21(22(27-30-16)19-7-2-3-8-20(19)24)23(29)26-14-17-9-12-28(13-10-17)15-18-6-4-5-11-25-18/h2-8,11,17H,9-10,12-15H2,1H3,(H,26,29).